The molecule has 0 fully saturated rings. The molecule has 2 aromatic rings. The quantitative estimate of drug-likeness (QED) is 0.200. The Morgan fingerprint density at radius 2 is 1.49 bits per heavy atom. The van der Waals surface area contributed by atoms with Crippen molar-refractivity contribution in [1.82, 2.24) is 10.6 Å². The van der Waals surface area contributed by atoms with Gasteiger partial charge in [0.2, 0.25) is 0 Å². The fourth-order valence-electron chi connectivity index (χ4n) is 5.42. The number of aromatic hydroxyl groups is 1. The van der Waals surface area contributed by atoms with Gasteiger partial charge in [-0.1, -0.05) is 45.9 Å². The highest BCUT2D eigenvalue weighted by molar-refractivity contribution is 7.85. The average Bonchev–Trinajstić information content (AvgIpc) is 2.93. The summed E-state index contributed by atoms with van der Waals surface area (Å²) >= 11 is 0. The summed E-state index contributed by atoms with van der Waals surface area (Å²) in [6.07, 6.45) is 1.68. The number of phenolic OH excluding ortho intramolecular Hbond substituents is 1. The number of phenols is 1. The molecule has 242 valence electrons. The zero-order valence-electron chi connectivity index (χ0n) is 26.1. The number of carboxylic acid groups (broad SMARTS) is 2. The molecule has 0 aromatic heterocycles. The predicted octanol–water partition coefficient (Wildman–Crippen LogP) is 3.86. The summed E-state index contributed by atoms with van der Waals surface area (Å²) in [5, 5.41) is 35.2. The highest BCUT2D eigenvalue weighted by Crippen LogP contribution is 2.44. The molecule has 0 heterocycles. The number of benzene rings is 2. The van der Waals surface area contributed by atoms with Crippen molar-refractivity contribution in [2.75, 3.05) is 19.6 Å². The van der Waals surface area contributed by atoms with Crippen LogP contribution in [0.5, 0.6) is 5.75 Å². The fraction of sp³-hybridized carbons (Fsp3) is 0.364. The van der Waals surface area contributed by atoms with Crippen molar-refractivity contribution in [3.05, 3.63) is 86.5 Å². The lowest BCUT2D eigenvalue weighted by molar-refractivity contribution is -0.137. The van der Waals surface area contributed by atoms with E-state index in [2.05, 4.69) is 10.6 Å². The molecule has 1 aliphatic carbocycles. The van der Waals surface area contributed by atoms with Crippen LogP contribution in [0.3, 0.4) is 0 Å². The van der Waals surface area contributed by atoms with Crippen LogP contribution in [0.2, 0.25) is 0 Å². The lowest BCUT2D eigenvalue weighted by atomic mass is 9.77. The third-order valence-electron chi connectivity index (χ3n) is 7.77. The molecular formula is C33H39N2O9S-. The monoisotopic (exact) mass is 639 g/mol. The summed E-state index contributed by atoms with van der Waals surface area (Å²) in [7, 11) is -4.99. The summed E-state index contributed by atoms with van der Waals surface area (Å²) < 4.78 is 37.8. The summed E-state index contributed by atoms with van der Waals surface area (Å²) in [6, 6.07) is 7.47. The van der Waals surface area contributed by atoms with E-state index in [9.17, 15) is 42.7 Å². The second-order valence-electron chi connectivity index (χ2n) is 11.5. The van der Waals surface area contributed by atoms with Crippen molar-refractivity contribution in [3.63, 3.8) is 0 Å². The molecule has 0 amide bonds. The highest BCUT2D eigenvalue weighted by Gasteiger charge is 2.30. The molecule has 0 radical (unpaired) electrons. The van der Waals surface area contributed by atoms with E-state index >= 15 is 0 Å². The van der Waals surface area contributed by atoms with Gasteiger partial charge in [0.15, 0.2) is 5.78 Å². The minimum absolute atomic E-state index is 0.0214. The van der Waals surface area contributed by atoms with E-state index in [1.807, 2.05) is 27.7 Å². The maximum atomic E-state index is 13.6. The third-order valence-corrected chi connectivity index (χ3v) is 8.67. The van der Waals surface area contributed by atoms with Crippen LogP contribution in [0.4, 0.5) is 0 Å². The van der Waals surface area contributed by atoms with Gasteiger partial charge in [-0.15, -0.1) is 0 Å². The Kier molecular flexibility index (Phi) is 11.3. The van der Waals surface area contributed by atoms with Crippen molar-refractivity contribution < 1.29 is 42.7 Å². The van der Waals surface area contributed by atoms with Gasteiger partial charge in [0.25, 0.3) is 0 Å². The zero-order chi connectivity index (χ0) is 33.8. The van der Waals surface area contributed by atoms with E-state index in [0.717, 1.165) is 0 Å². The van der Waals surface area contributed by atoms with Crippen LogP contribution < -0.4 is 10.6 Å². The van der Waals surface area contributed by atoms with E-state index in [-0.39, 0.29) is 48.6 Å². The van der Waals surface area contributed by atoms with Gasteiger partial charge < -0.3 is 30.5 Å². The second-order valence-corrected chi connectivity index (χ2v) is 12.9. The van der Waals surface area contributed by atoms with Crippen LogP contribution in [-0.2, 0) is 31.0 Å². The Hall–Kier alpha value is -4.10. The van der Waals surface area contributed by atoms with Crippen molar-refractivity contribution in [2.24, 2.45) is 5.92 Å². The molecule has 11 nitrogen and oxygen atoms in total. The number of Topliss-reactive ketones (excluding diaryl/α,β-unsaturated/α-hetero) is 1. The first kappa shape index (κ1) is 35.4. The predicted molar refractivity (Wildman–Crippen MR) is 168 cm³/mol. The van der Waals surface area contributed by atoms with E-state index in [0.29, 0.717) is 50.1 Å². The lowest BCUT2D eigenvalue weighted by Gasteiger charge is -2.28. The van der Waals surface area contributed by atoms with Crippen molar-refractivity contribution >= 4 is 33.4 Å². The molecule has 0 aliphatic heterocycles. The van der Waals surface area contributed by atoms with Gasteiger partial charge in [0, 0.05) is 35.4 Å². The topological polar surface area (TPSA) is 193 Å². The molecule has 0 saturated heterocycles. The average molecular weight is 640 g/mol. The van der Waals surface area contributed by atoms with E-state index in [1.165, 1.54) is 18.2 Å². The molecule has 1 aliphatic rings. The standard InChI is InChI=1S/C33H40N2O9S/c1-17(2)22-11-24(19(5)26(32(22)40)13-34-15-29(36)37)31(21-9-7-8-10-28(21)45(42,43)44)25-12-23(18(3)4)33(41)27(20(25)6)14-35-16-30(38)39/h7-12,17-18,34-35,40H,13-16H2,1-6H3,(H,36,37)(H,38,39)(H,42,43,44)/p-1. The number of allylic oxidation sites excluding steroid dienone is 4. The first-order chi connectivity index (χ1) is 21.0. The van der Waals surface area contributed by atoms with E-state index < -0.39 is 33.5 Å². The second kappa shape index (κ2) is 14.3. The molecule has 0 spiro atoms. The van der Waals surface area contributed by atoms with Crippen molar-refractivity contribution in [3.8, 4) is 5.75 Å². The fourth-order valence-corrected chi connectivity index (χ4v) is 6.10. The van der Waals surface area contributed by atoms with Crippen LogP contribution in [0.25, 0.3) is 5.57 Å². The number of ketones is 1. The van der Waals surface area contributed by atoms with Crippen molar-refractivity contribution in [2.45, 2.75) is 58.9 Å². The minimum Gasteiger partial charge on any atom is -0.744 e. The third kappa shape index (κ3) is 7.95. The number of nitrogens with one attached hydrogen (secondary N) is 2. The number of carbonyl (C=O) groups excluding carboxylic acids is 1. The van der Waals surface area contributed by atoms with Crippen molar-refractivity contribution in [1.29, 1.82) is 0 Å². The van der Waals surface area contributed by atoms with Gasteiger partial charge in [-0.3, -0.25) is 14.4 Å². The van der Waals surface area contributed by atoms with Crippen LogP contribution in [0.15, 0.2) is 63.6 Å². The largest absolute Gasteiger partial charge is 0.744 e. The zero-order valence-corrected chi connectivity index (χ0v) is 27.0. The normalized spacial score (nSPS) is 15.1. The van der Waals surface area contributed by atoms with E-state index in [4.69, 9.17) is 0 Å². The van der Waals surface area contributed by atoms with Gasteiger partial charge >= 0.3 is 11.9 Å². The van der Waals surface area contributed by atoms with Gasteiger partial charge in [-0.2, -0.15) is 0 Å². The molecule has 5 N–H and O–H groups in total. The number of carbonyl (C=O) groups is 3. The Bertz CT molecular complexity index is 1730. The first-order valence-electron chi connectivity index (χ1n) is 14.4. The first-order valence-corrected chi connectivity index (χ1v) is 15.8. The number of carboxylic acids is 2. The molecule has 3 rings (SSSR count). The summed E-state index contributed by atoms with van der Waals surface area (Å²) in [5.41, 5.74) is 3.90. The highest BCUT2D eigenvalue weighted by atomic mass is 32.2. The molecule has 0 bridgehead atoms. The van der Waals surface area contributed by atoms with Gasteiger partial charge in [0.1, 0.15) is 15.9 Å². The summed E-state index contributed by atoms with van der Waals surface area (Å²) in [5.74, 6) is -2.99. The summed E-state index contributed by atoms with van der Waals surface area (Å²) in [6.45, 7) is 9.91. The Morgan fingerprint density at radius 1 is 0.911 bits per heavy atom. The van der Waals surface area contributed by atoms with Crippen LogP contribution in [0, 0.1) is 12.8 Å². The molecule has 12 heteroatoms. The molecule has 0 unspecified atom stereocenters. The molecule has 0 atom stereocenters. The number of hydrogen-bond acceptors (Lipinski definition) is 9. The Morgan fingerprint density at radius 3 is 2.02 bits per heavy atom. The maximum absolute atomic E-state index is 13.6. The Balaban J connectivity index is 2.57. The summed E-state index contributed by atoms with van der Waals surface area (Å²) in [4.78, 5) is 35.6. The smallest absolute Gasteiger partial charge is 0.317 e. The maximum Gasteiger partial charge on any atom is 0.317 e. The lowest BCUT2D eigenvalue weighted by Crippen LogP contribution is -2.30. The number of hydrogen-bond donors (Lipinski definition) is 5. The SMILES string of the molecule is CC1=C(CNCC(=O)O)C(=O)C(C(C)C)=CC1=C(c1ccccc1S(=O)(=O)[O-])c1cc(C(C)C)c(O)c(CNCC(=O)O)c1C. The van der Waals surface area contributed by atoms with Crippen LogP contribution in [0.1, 0.15) is 68.4 Å². The van der Waals surface area contributed by atoms with Gasteiger partial charge in [-0.05, 0) is 77.3 Å². The van der Waals surface area contributed by atoms with Gasteiger partial charge in [-0.25, -0.2) is 8.42 Å². The molecule has 2 aromatic carbocycles. The van der Waals surface area contributed by atoms with Crippen LogP contribution >= 0.6 is 0 Å². The number of rotatable bonds is 13. The molecular weight excluding hydrogens is 600 g/mol. The van der Waals surface area contributed by atoms with Gasteiger partial charge in [0.05, 0.1) is 18.0 Å². The molecule has 0 saturated carbocycles. The minimum atomic E-state index is -4.99. The van der Waals surface area contributed by atoms with Crippen LogP contribution in [-0.4, -0.2) is 65.6 Å². The molecule has 45 heavy (non-hydrogen) atoms. The Labute approximate surface area is 263 Å². The van der Waals surface area contributed by atoms with E-state index in [1.54, 1.807) is 32.1 Å². The number of aliphatic carboxylic acids is 2.